The van der Waals surface area contributed by atoms with Gasteiger partial charge in [0.15, 0.2) is 5.69 Å². The molecule has 1 fully saturated rings. The minimum absolute atomic E-state index is 0.125. The quantitative estimate of drug-likeness (QED) is 0.816. The molecule has 0 saturated heterocycles. The van der Waals surface area contributed by atoms with Crippen molar-refractivity contribution in [3.8, 4) is 5.69 Å². The highest BCUT2D eigenvalue weighted by atomic mass is 16.1. The topological polar surface area (TPSA) is 72.9 Å². The molecule has 5 heteroatoms. The van der Waals surface area contributed by atoms with E-state index < -0.39 is 0 Å². The maximum atomic E-state index is 11.9. The van der Waals surface area contributed by atoms with Crippen LogP contribution in [0.3, 0.4) is 0 Å². The highest BCUT2D eigenvalue weighted by Gasteiger charge is 2.22. The highest BCUT2D eigenvalue weighted by molar-refractivity contribution is 5.92. The molecule has 1 aliphatic carbocycles. The van der Waals surface area contributed by atoms with Gasteiger partial charge in [0.1, 0.15) is 0 Å². The van der Waals surface area contributed by atoms with Gasteiger partial charge in [-0.2, -0.15) is 5.10 Å². The Labute approximate surface area is 111 Å². The van der Waals surface area contributed by atoms with Crippen molar-refractivity contribution in [3.63, 3.8) is 0 Å². The van der Waals surface area contributed by atoms with Crippen molar-refractivity contribution in [2.45, 2.75) is 12.8 Å². The summed E-state index contributed by atoms with van der Waals surface area (Å²) in [5.74, 6) is 0.538. The Kier molecular flexibility index (Phi) is 2.95. The second-order valence-corrected chi connectivity index (χ2v) is 4.86. The van der Waals surface area contributed by atoms with E-state index in [0.717, 1.165) is 12.2 Å². The number of anilines is 1. The zero-order chi connectivity index (χ0) is 13.2. The fraction of sp³-hybridized carbons (Fsp3) is 0.286. The van der Waals surface area contributed by atoms with Gasteiger partial charge >= 0.3 is 0 Å². The van der Waals surface area contributed by atoms with E-state index in [0.29, 0.717) is 17.3 Å². The molecule has 1 amide bonds. The number of hydrogen-bond donors (Lipinski definition) is 2. The van der Waals surface area contributed by atoms with E-state index in [1.807, 2.05) is 24.3 Å². The fourth-order valence-corrected chi connectivity index (χ4v) is 1.92. The van der Waals surface area contributed by atoms with E-state index in [-0.39, 0.29) is 5.91 Å². The standard InChI is InChI=1S/C14H16N4O/c15-11-3-1-2-4-13(11)18-8-7-12(17-18)14(19)16-9-10-5-6-10/h1-4,7-8,10H,5-6,9,15H2,(H,16,19). The van der Waals surface area contributed by atoms with Gasteiger partial charge in [0, 0.05) is 12.7 Å². The lowest BCUT2D eigenvalue weighted by Gasteiger charge is -2.04. The van der Waals surface area contributed by atoms with Crippen molar-refractivity contribution in [3.05, 3.63) is 42.2 Å². The molecule has 0 bridgehead atoms. The largest absolute Gasteiger partial charge is 0.397 e. The van der Waals surface area contributed by atoms with Crippen LogP contribution in [-0.2, 0) is 0 Å². The van der Waals surface area contributed by atoms with Crippen molar-refractivity contribution < 1.29 is 4.79 Å². The van der Waals surface area contributed by atoms with E-state index >= 15 is 0 Å². The van der Waals surface area contributed by atoms with Gasteiger partial charge in [0.05, 0.1) is 11.4 Å². The minimum atomic E-state index is -0.125. The molecule has 3 rings (SSSR count). The van der Waals surface area contributed by atoms with Crippen LogP contribution in [0.25, 0.3) is 5.69 Å². The third-order valence-corrected chi connectivity index (χ3v) is 3.25. The Bertz CT molecular complexity index is 601. The Morgan fingerprint density at radius 3 is 2.89 bits per heavy atom. The summed E-state index contributed by atoms with van der Waals surface area (Å²) in [6.07, 6.45) is 4.18. The maximum absolute atomic E-state index is 11.9. The van der Waals surface area contributed by atoms with Crippen LogP contribution in [0.4, 0.5) is 5.69 Å². The first-order valence-electron chi connectivity index (χ1n) is 6.43. The van der Waals surface area contributed by atoms with E-state index in [2.05, 4.69) is 10.4 Å². The molecular weight excluding hydrogens is 240 g/mol. The van der Waals surface area contributed by atoms with Crippen LogP contribution in [0, 0.1) is 5.92 Å². The molecular formula is C14H16N4O. The number of hydrogen-bond acceptors (Lipinski definition) is 3. The summed E-state index contributed by atoms with van der Waals surface area (Å²) in [6.45, 7) is 0.749. The molecule has 1 aromatic carbocycles. The van der Waals surface area contributed by atoms with Crippen molar-refractivity contribution in [1.29, 1.82) is 0 Å². The van der Waals surface area contributed by atoms with Crippen LogP contribution in [0.15, 0.2) is 36.5 Å². The number of nitrogens with zero attached hydrogens (tertiary/aromatic N) is 2. The van der Waals surface area contributed by atoms with Gasteiger partial charge in [-0.05, 0) is 37.0 Å². The Balaban J connectivity index is 1.75. The third kappa shape index (κ3) is 2.59. The van der Waals surface area contributed by atoms with E-state index in [4.69, 9.17) is 5.73 Å². The molecule has 3 N–H and O–H groups in total. The van der Waals surface area contributed by atoms with Gasteiger partial charge < -0.3 is 11.1 Å². The van der Waals surface area contributed by atoms with Crippen LogP contribution < -0.4 is 11.1 Å². The summed E-state index contributed by atoms with van der Waals surface area (Å²) < 4.78 is 1.63. The molecule has 98 valence electrons. The van der Waals surface area contributed by atoms with Crippen LogP contribution in [0.2, 0.25) is 0 Å². The summed E-state index contributed by atoms with van der Waals surface area (Å²) in [4.78, 5) is 11.9. The summed E-state index contributed by atoms with van der Waals surface area (Å²) in [5.41, 5.74) is 7.72. The number of nitrogens with two attached hydrogens (primary N) is 1. The molecule has 19 heavy (non-hydrogen) atoms. The molecule has 0 radical (unpaired) electrons. The summed E-state index contributed by atoms with van der Waals surface area (Å²) >= 11 is 0. The number of amides is 1. The second kappa shape index (κ2) is 4.76. The average Bonchev–Trinajstić information content (AvgIpc) is 3.12. The molecule has 1 heterocycles. The first kappa shape index (κ1) is 11.8. The maximum Gasteiger partial charge on any atom is 0.271 e. The number of nitrogen functional groups attached to an aromatic ring is 1. The van der Waals surface area contributed by atoms with Crippen molar-refractivity contribution in [2.24, 2.45) is 5.92 Å². The second-order valence-electron chi connectivity index (χ2n) is 4.86. The normalized spacial score (nSPS) is 14.3. The number of para-hydroxylation sites is 2. The zero-order valence-electron chi connectivity index (χ0n) is 10.5. The molecule has 1 saturated carbocycles. The van der Waals surface area contributed by atoms with Crippen LogP contribution >= 0.6 is 0 Å². The summed E-state index contributed by atoms with van der Waals surface area (Å²) in [5, 5.41) is 7.16. The van der Waals surface area contributed by atoms with Gasteiger partial charge in [0.2, 0.25) is 0 Å². The Hall–Kier alpha value is -2.30. The predicted octanol–water partition coefficient (Wildman–Crippen LogP) is 1.59. The number of carbonyl (C=O) groups excluding carboxylic acids is 1. The van der Waals surface area contributed by atoms with Crippen LogP contribution in [-0.4, -0.2) is 22.2 Å². The molecule has 1 aliphatic rings. The SMILES string of the molecule is Nc1ccccc1-n1ccc(C(=O)NCC2CC2)n1. The van der Waals surface area contributed by atoms with Crippen molar-refractivity contribution >= 4 is 11.6 Å². The van der Waals surface area contributed by atoms with Gasteiger partial charge in [0.25, 0.3) is 5.91 Å². The molecule has 0 atom stereocenters. The first-order chi connectivity index (χ1) is 9.24. The number of carbonyl (C=O) groups is 1. The smallest absolute Gasteiger partial charge is 0.271 e. The third-order valence-electron chi connectivity index (χ3n) is 3.25. The first-order valence-corrected chi connectivity index (χ1v) is 6.43. The molecule has 1 aromatic heterocycles. The monoisotopic (exact) mass is 256 g/mol. The van der Waals surface area contributed by atoms with E-state index in [9.17, 15) is 4.79 Å². The molecule has 2 aromatic rings. The average molecular weight is 256 g/mol. The summed E-state index contributed by atoms with van der Waals surface area (Å²) in [6, 6.07) is 9.14. The van der Waals surface area contributed by atoms with Crippen molar-refractivity contribution in [2.75, 3.05) is 12.3 Å². The predicted molar refractivity (Wildman–Crippen MR) is 73.0 cm³/mol. The van der Waals surface area contributed by atoms with Crippen molar-refractivity contribution in [1.82, 2.24) is 15.1 Å². The molecule has 0 unspecified atom stereocenters. The lowest BCUT2D eigenvalue weighted by molar-refractivity contribution is 0.0946. The molecule has 0 aliphatic heterocycles. The van der Waals surface area contributed by atoms with Gasteiger partial charge in [-0.3, -0.25) is 4.79 Å². The number of benzene rings is 1. The lowest BCUT2D eigenvalue weighted by Crippen LogP contribution is -2.26. The van der Waals surface area contributed by atoms with E-state index in [1.165, 1.54) is 12.8 Å². The van der Waals surface area contributed by atoms with E-state index in [1.54, 1.807) is 16.9 Å². The van der Waals surface area contributed by atoms with Crippen LogP contribution in [0.1, 0.15) is 23.3 Å². The molecule has 5 nitrogen and oxygen atoms in total. The summed E-state index contributed by atoms with van der Waals surface area (Å²) in [7, 11) is 0. The fourth-order valence-electron chi connectivity index (χ4n) is 1.92. The Morgan fingerprint density at radius 1 is 1.37 bits per heavy atom. The number of aromatic nitrogens is 2. The van der Waals surface area contributed by atoms with Crippen LogP contribution in [0.5, 0.6) is 0 Å². The highest BCUT2D eigenvalue weighted by Crippen LogP contribution is 2.27. The number of nitrogens with one attached hydrogen (secondary N) is 1. The van der Waals surface area contributed by atoms with Gasteiger partial charge in [-0.15, -0.1) is 0 Å². The Morgan fingerprint density at radius 2 is 2.16 bits per heavy atom. The molecule has 0 spiro atoms. The van der Waals surface area contributed by atoms with Gasteiger partial charge in [-0.1, -0.05) is 12.1 Å². The van der Waals surface area contributed by atoms with Gasteiger partial charge in [-0.25, -0.2) is 4.68 Å². The number of rotatable bonds is 4. The minimum Gasteiger partial charge on any atom is -0.397 e. The lowest BCUT2D eigenvalue weighted by atomic mass is 10.3. The zero-order valence-corrected chi connectivity index (χ0v) is 10.5.